The minimum Gasteiger partial charge on any atom is -0.507 e. The zero-order valence-electron chi connectivity index (χ0n) is 42.5. The molecule has 6 aromatic rings. The van der Waals surface area contributed by atoms with Crippen LogP contribution in [0.1, 0.15) is 88.3 Å². The monoisotopic (exact) mass is 1030 g/mol. The summed E-state index contributed by atoms with van der Waals surface area (Å²) in [4.78, 5) is 46.8. The molecule has 19 heteroatoms. The summed E-state index contributed by atoms with van der Waals surface area (Å²) >= 11 is 1.59. The van der Waals surface area contributed by atoms with Gasteiger partial charge in [0.05, 0.1) is 46.2 Å². The van der Waals surface area contributed by atoms with Crippen molar-refractivity contribution in [3.8, 4) is 39.2 Å². The van der Waals surface area contributed by atoms with Crippen molar-refractivity contribution in [3.05, 3.63) is 102 Å². The van der Waals surface area contributed by atoms with Gasteiger partial charge in [-0.2, -0.15) is 0 Å². The predicted molar refractivity (Wildman–Crippen MR) is 283 cm³/mol. The minimum absolute atomic E-state index is 0.0574. The van der Waals surface area contributed by atoms with Crippen LogP contribution in [0.15, 0.2) is 89.0 Å². The predicted octanol–water partition coefficient (Wildman–Crippen LogP) is 7.24. The maximum absolute atomic E-state index is 14.2. The molecule has 74 heavy (non-hydrogen) atoms. The van der Waals surface area contributed by atoms with Gasteiger partial charge in [0.2, 0.25) is 17.7 Å². The van der Waals surface area contributed by atoms with E-state index in [1.54, 1.807) is 29.5 Å². The highest BCUT2D eigenvalue weighted by Gasteiger charge is 2.44. The molecule has 4 aliphatic rings. The molecule has 2 bridgehead atoms. The number of likely N-dealkylation sites (tertiary alicyclic amines) is 2. The van der Waals surface area contributed by atoms with Crippen molar-refractivity contribution in [1.29, 1.82) is 0 Å². The second kappa shape index (κ2) is 22.3. The molecule has 390 valence electrons. The van der Waals surface area contributed by atoms with E-state index in [4.69, 9.17) is 19.7 Å². The number of nitrogen functional groups attached to an aromatic ring is 1. The van der Waals surface area contributed by atoms with E-state index >= 15 is 0 Å². The van der Waals surface area contributed by atoms with Crippen LogP contribution < -0.4 is 30.3 Å². The molecule has 2 aromatic carbocycles. The number of aliphatic hydroxyl groups is 1. The number of ether oxygens (including phenoxy) is 2. The molecular weight excluding hydrogens is 959 g/mol. The molecule has 6 atom stereocenters. The summed E-state index contributed by atoms with van der Waals surface area (Å²) in [5.41, 5.74) is 14.4. The van der Waals surface area contributed by atoms with Crippen LogP contribution >= 0.6 is 11.3 Å². The van der Waals surface area contributed by atoms with Crippen LogP contribution in [-0.4, -0.2) is 134 Å². The van der Waals surface area contributed by atoms with Gasteiger partial charge in [0.25, 0.3) is 5.88 Å². The number of phenols is 1. The summed E-state index contributed by atoms with van der Waals surface area (Å²) in [6.45, 7) is 13.2. The quantitative estimate of drug-likeness (QED) is 0.0666. The summed E-state index contributed by atoms with van der Waals surface area (Å²) in [6, 6.07) is 22.4. The third kappa shape index (κ3) is 11.1. The highest BCUT2D eigenvalue weighted by Crippen LogP contribution is 2.40. The van der Waals surface area contributed by atoms with Gasteiger partial charge in [0.1, 0.15) is 24.3 Å². The minimum atomic E-state index is -0.825. The number of pyridine rings is 1. The van der Waals surface area contributed by atoms with Crippen LogP contribution in [0, 0.1) is 18.8 Å². The van der Waals surface area contributed by atoms with Gasteiger partial charge in [0.15, 0.2) is 11.6 Å². The van der Waals surface area contributed by atoms with Crippen LogP contribution in [-0.2, 0) is 9.59 Å². The lowest BCUT2D eigenvalue weighted by atomic mass is 9.91. The van der Waals surface area contributed by atoms with E-state index in [-0.39, 0.29) is 54.6 Å². The SMILES string of the molecule is Cc1ncsc1-c1ccc([C@H](C)NC(=O)[C@@H]2C[C@@H](O)CN2C(=O)[C@H](c2cc(OCCC3CCN(CCOc4cc(N5C6CCC5CN(c5cc(-c7ccccc7O)nnc5N)C6)ccn4)CC3)no2)C(C)C)cc1. The Kier molecular flexibility index (Phi) is 15.3. The Morgan fingerprint density at radius 1 is 0.905 bits per heavy atom. The second-order valence-corrected chi connectivity index (χ2v) is 21.5. The van der Waals surface area contributed by atoms with Gasteiger partial charge >= 0.3 is 0 Å². The zero-order chi connectivity index (χ0) is 51.5. The maximum Gasteiger partial charge on any atom is 0.254 e. The van der Waals surface area contributed by atoms with E-state index in [9.17, 15) is 19.8 Å². The largest absolute Gasteiger partial charge is 0.507 e. The maximum atomic E-state index is 14.2. The number of aromatic hydroxyl groups is 1. The number of para-hydroxylation sites is 1. The number of phenolic OH excluding ortho intramolecular Hbond substituents is 1. The molecule has 0 saturated carbocycles. The fourth-order valence-electron chi connectivity index (χ4n) is 11.3. The van der Waals surface area contributed by atoms with Crippen LogP contribution in [0.25, 0.3) is 21.7 Å². The van der Waals surface area contributed by atoms with Crippen molar-refractivity contribution in [3.63, 3.8) is 0 Å². The number of thiazole rings is 1. The third-order valence-electron chi connectivity index (χ3n) is 15.3. The van der Waals surface area contributed by atoms with Crippen molar-refractivity contribution in [2.24, 2.45) is 11.8 Å². The fraction of sp³-hybridized carbons (Fsp3) is 0.473. The van der Waals surface area contributed by atoms with Crippen molar-refractivity contribution < 1.29 is 33.8 Å². The van der Waals surface area contributed by atoms with Gasteiger partial charge in [0, 0.05) is 74.3 Å². The molecule has 2 amide bonds. The highest BCUT2D eigenvalue weighted by molar-refractivity contribution is 7.13. The summed E-state index contributed by atoms with van der Waals surface area (Å²) in [5, 5.41) is 37.0. The zero-order valence-corrected chi connectivity index (χ0v) is 43.4. The molecule has 4 fully saturated rings. The number of aryl methyl sites for hydroxylation is 1. The Bertz CT molecular complexity index is 2880. The smallest absolute Gasteiger partial charge is 0.254 e. The number of hydrogen-bond acceptors (Lipinski definition) is 17. The molecule has 10 rings (SSSR count). The average Bonchev–Trinajstić information content (AvgIpc) is 4.20. The number of piperidine rings is 1. The molecule has 0 spiro atoms. The Morgan fingerprint density at radius 2 is 1.66 bits per heavy atom. The van der Waals surface area contributed by atoms with Crippen molar-refractivity contribution >= 4 is 40.3 Å². The van der Waals surface area contributed by atoms with Gasteiger partial charge in [-0.3, -0.25) is 14.5 Å². The van der Waals surface area contributed by atoms with E-state index in [1.807, 2.05) is 81.9 Å². The molecule has 5 N–H and O–H groups in total. The van der Waals surface area contributed by atoms with Gasteiger partial charge in [-0.15, -0.1) is 21.5 Å². The third-order valence-corrected chi connectivity index (χ3v) is 16.3. The van der Waals surface area contributed by atoms with E-state index in [0.717, 1.165) is 97.9 Å². The number of carbonyl (C=O) groups excluding carboxylic acids is 2. The van der Waals surface area contributed by atoms with Crippen LogP contribution in [0.5, 0.6) is 17.5 Å². The van der Waals surface area contributed by atoms with Crippen molar-refractivity contribution in [2.75, 3.05) is 68.0 Å². The lowest BCUT2D eigenvalue weighted by Gasteiger charge is -2.43. The highest BCUT2D eigenvalue weighted by atomic mass is 32.1. The van der Waals surface area contributed by atoms with Crippen LogP contribution in [0.4, 0.5) is 17.2 Å². The Hall–Kier alpha value is -6.83. The second-order valence-electron chi connectivity index (χ2n) is 20.6. The number of anilines is 3. The van der Waals surface area contributed by atoms with Crippen molar-refractivity contribution in [1.82, 2.24) is 40.4 Å². The van der Waals surface area contributed by atoms with Crippen molar-refractivity contribution in [2.45, 2.75) is 102 Å². The number of aliphatic hydroxyl groups excluding tert-OH is 1. The lowest BCUT2D eigenvalue weighted by Crippen LogP contribution is -2.54. The van der Waals surface area contributed by atoms with E-state index in [2.05, 4.69) is 57.5 Å². The topological polar surface area (TPSA) is 222 Å². The summed E-state index contributed by atoms with van der Waals surface area (Å²) < 4.78 is 18.1. The van der Waals surface area contributed by atoms with E-state index < -0.39 is 18.1 Å². The Labute approximate surface area is 435 Å². The number of amides is 2. The van der Waals surface area contributed by atoms with Crippen LogP contribution in [0.2, 0.25) is 0 Å². The number of nitrogens with one attached hydrogen (secondary N) is 1. The Morgan fingerprint density at radius 3 is 2.39 bits per heavy atom. The Balaban J connectivity index is 0.655. The molecule has 4 aliphatic heterocycles. The molecule has 0 aliphatic carbocycles. The molecule has 18 nitrogen and oxygen atoms in total. The number of fused-ring (bicyclic) bond motifs is 2. The van der Waals surface area contributed by atoms with Gasteiger partial charge in [-0.1, -0.05) is 50.2 Å². The first-order chi connectivity index (χ1) is 35.9. The first-order valence-electron chi connectivity index (χ1n) is 26.0. The summed E-state index contributed by atoms with van der Waals surface area (Å²) in [6.07, 6.45) is 6.26. The number of nitrogens with two attached hydrogens (primary N) is 1. The fourth-order valence-corrected chi connectivity index (χ4v) is 12.1. The summed E-state index contributed by atoms with van der Waals surface area (Å²) in [5.74, 6) is 0.890. The number of carbonyl (C=O) groups is 2. The summed E-state index contributed by atoms with van der Waals surface area (Å²) in [7, 11) is 0. The number of nitrogens with zero attached hydrogens (tertiary/aromatic N) is 9. The molecular formula is C55H67N11O7S. The number of aromatic nitrogens is 5. The molecule has 0 radical (unpaired) electrons. The molecule has 2 unspecified atom stereocenters. The average molecular weight is 1030 g/mol. The van der Waals surface area contributed by atoms with Gasteiger partial charge < -0.3 is 50.0 Å². The first kappa shape index (κ1) is 50.7. The number of benzene rings is 2. The molecule has 4 aromatic heterocycles. The number of hydrogen-bond donors (Lipinski definition) is 4. The number of β-amino-alcohol motifs (C(OH)–C–C–N with tert-alkyl or cyclic N) is 1. The lowest BCUT2D eigenvalue weighted by molar-refractivity contribution is -0.141. The van der Waals surface area contributed by atoms with Gasteiger partial charge in [-0.05, 0) is 111 Å². The van der Waals surface area contributed by atoms with Crippen LogP contribution in [0.3, 0.4) is 0 Å². The number of rotatable bonds is 18. The number of piperazine rings is 1. The normalized spacial score (nSPS) is 21.0. The van der Waals surface area contributed by atoms with E-state index in [1.165, 1.54) is 4.90 Å². The molecule has 8 heterocycles. The van der Waals surface area contributed by atoms with Gasteiger partial charge in [-0.25, -0.2) is 9.97 Å². The standard InChI is InChI=1S/C55H67N11O7S/c1-33(2)51(55(70)65-31-42(67)26-46(65)54(69)59-34(3)37-9-11-38(12-10-37)52-35(4)58-32-74-52)48-28-50(62-73-48)71-23-18-36-16-20-63(21-17-36)22-24-72-49-25-39(15-19-57-49)66-40-13-14-41(66)30-64(29-40)45-27-44(60-61-53(45)56)43-7-5-6-8-47(43)68/h5-12,15,19,25,27-28,32-34,36,40-42,46,51,67-68H,13-14,16-18,20-24,26,29-31H2,1-4H3,(H2,56,61)(H,59,69)/t34-,40?,41?,42+,46-,51-/m0/s1. The first-order valence-corrected chi connectivity index (χ1v) is 26.9. The van der Waals surface area contributed by atoms with E-state index in [0.29, 0.717) is 53.7 Å². The molecule has 4 saturated heterocycles.